The van der Waals surface area contributed by atoms with Crippen LogP contribution in [0.4, 0.5) is 4.79 Å². The molecule has 27 heavy (non-hydrogen) atoms. The Balaban J connectivity index is 1.74. The molecular weight excluding hydrogens is 342 g/mol. The van der Waals surface area contributed by atoms with Crippen molar-refractivity contribution in [2.24, 2.45) is 0 Å². The Morgan fingerprint density at radius 2 is 1.81 bits per heavy atom. The number of benzene rings is 1. The third kappa shape index (κ3) is 3.70. The van der Waals surface area contributed by atoms with E-state index < -0.39 is 11.6 Å². The van der Waals surface area contributed by atoms with Crippen LogP contribution in [0.3, 0.4) is 0 Å². The van der Waals surface area contributed by atoms with E-state index in [1.165, 1.54) is 6.42 Å². The van der Waals surface area contributed by atoms with E-state index >= 15 is 0 Å². The molecule has 0 radical (unpaired) electrons. The molecule has 1 unspecified atom stereocenters. The maximum Gasteiger partial charge on any atom is 0.325 e. The fourth-order valence-corrected chi connectivity index (χ4v) is 4.18. The summed E-state index contributed by atoms with van der Waals surface area (Å²) in [6.45, 7) is 6.02. The first-order valence-electron chi connectivity index (χ1n) is 9.87. The maximum absolute atomic E-state index is 13.0. The number of aryl methyl sites for hydroxylation is 1. The quantitative estimate of drug-likeness (QED) is 0.809. The lowest BCUT2D eigenvalue weighted by atomic mass is 9.91. The third-order valence-corrected chi connectivity index (χ3v) is 5.87. The number of carbonyl (C=O) groups is 3. The predicted molar refractivity (Wildman–Crippen MR) is 103 cm³/mol. The number of nitrogens with zero attached hydrogens (tertiary/aromatic N) is 2. The Morgan fingerprint density at radius 1 is 1.19 bits per heavy atom. The van der Waals surface area contributed by atoms with Gasteiger partial charge in [0.2, 0.25) is 5.91 Å². The summed E-state index contributed by atoms with van der Waals surface area (Å²) in [5, 5.41) is 2.77. The molecule has 1 saturated carbocycles. The zero-order valence-corrected chi connectivity index (χ0v) is 16.5. The number of hydrogen-bond acceptors (Lipinski definition) is 3. The van der Waals surface area contributed by atoms with Crippen LogP contribution in [0.5, 0.6) is 0 Å². The van der Waals surface area contributed by atoms with Gasteiger partial charge < -0.3 is 10.2 Å². The monoisotopic (exact) mass is 371 g/mol. The Kier molecular flexibility index (Phi) is 5.53. The third-order valence-electron chi connectivity index (χ3n) is 5.87. The second-order valence-corrected chi connectivity index (χ2v) is 7.78. The summed E-state index contributed by atoms with van der Waals surface area (Å²) in [6.07, 6.45) is 5.47. The fourth-order valence-electron chi connectivity index (χ4n) is 4.18. The molecule has 4 amide bonds. The minimum atomic E-state index is -1.13. The molecule has 0 aromatic heterocycles. The van der Waals surface area contributed by atoms with E-state index in [4.69, 9.17) is 0 Å². The molecule has 1 aliphatic heterocycles. The molecule has 0 spiro atoms. The van der Waals surface area contributed by atoms with Crippen LogP contribution in [0.15, 0.2) is 24.3 Å². The predicted octanol–water partition coefficient (Wildman–Crippen LogP) is 2.94. The van der Waals surface area contributed by atoms with Gasteiger partial charge in [0.05, 0.1) is 0 Å². The van der Waals surface area contributed by atoms with E-state index in [1.807, 2.05) is 43.0 Å². The second kappa shape index (κ2) is 7.71. The lowest BCUT2D eigenvalue weighted by Gasteiger charge is -2.34. The molecule has 6 nitrogen and oxygen atoms in total. The van der Waals surface area contributed by atoms with Crippen molar-refractivity contribution in [3.8, 4) is 0 Å². The fraction of sp³-hybridized carbons (Fsp3) is 0.571. The number of carbonyl (C=O) groups excluding carboxylic acids is 3. The standard InChI is InChI=1S/C21H29N3O3/c1-4-23(17-8-6-5-7-9-17)18(25)14-24-19(26)21(3,22-20(24)27)16-12-10-15(2)11-13-16/h10-13,17H,4-9,14H2,1-3H3,(H,22,27). The van der Waals surface area contributed by atoms with E-state index in [2.05, 4.69) is 5.32 Å². The van der Waals surface area contributed by atoms with Crippen LogP contribution in [0.2, 0.25) is 0 Å². The van der Waals surface area contributed by atoms with Gasteiger partial charge in [-0.25, -0.2) is 4.79 Å². The highest BCUT2D eigenvalue weighted by Crippen LogP contribution is 2.29. The van der Waals surface area contributed by atoms with Gasteiger partial charge in [-0.3, -0.25) is 14.5 Å². The second-order valence-electron chi connectivity index (χ2n) is 7.78. The van der Waals surface area contributed by atoms with Gasteiger partial charge in [-0.1, -0.05) is 49.1 Å². The van der Waals surface area contributed by atoms with Crippen molar-refractivity contribution in [1.29, 1.82) is 0 Å². The summed E-state index contributed by atoms with van der Waals surface area (Å²) >= 11 is 0. The summed E-state index contributed by atoms with van der Waals surface area (Å²) in [4.78, 5) is 41.3. The highest BCUT2D eigenvalue weighted by atomic mass is 16.2. The molecule has 1 heterocycles. The summed E-state index contributed by atoms with van der Waals surface area (Å²) in [7, 11) is 0. The van der Waals surface area contributed by atoms with Crippen LogP contribution < -0.4 is 5.32 Å². The van der Waals surface area contributed by atoms with Crippen molar-refractivity contribution in [2.75, 3.05) is 13.1 Å². The number of nitrogens with one attached hydrogen (secondary N) is 1. The lowest BCUT2D eigenvalue weighted by Crippen LogP contribution is -2.48. The minimum absolute atomic E-state index is 0.152. The van der Waals surface area contributed by atoms with Gasteiger partial charge in [-0.05, 0) is 39.2 Å². The van der Waals surface area contributed by atoms with Crippen LogP contribution in [0, 0.1) is 6.92 Å². The molecular formula is C21H29N3O3. The zero-order valence-electron chi connectivity index (χ0n) is 16.5. The number of likely N-dealkylation sites (N-methyl/N-ethyl adjacent to an activating group) is 1. The highest BCUT2D eigenvalue weighted by Gasteiger charge is 2.49. The Bertz CT molecular complexity index is 725. The minimum Gasteiger partial charge on any atom is -0.338 e. The number of hydrogen-bond donors (Lipinski definition) is 1. The van der Waals surface area contributed by atoms with Crippen molar-refractivity contribution in [1.82, 2.24) is 15.1 Å². The maximum atomic E-state index is 13.0. The molecule has 1 N–H and O–H groups in total. The molecule has 6 heteroatoms. The van der Waals surface area contributed by atoms with Crippen molar-refractivity contribution in [3.05, 3.63) is 35.4 Å². The highest BCUT2D eigenvalue weighted by molar-refractivity contribution is 6.09. The van der Waals surface area contributed by atoms with E-state index in [0.717, 1.165) is 41.7 Å². The van der Waals surface area contributed by atoms with E-state index in [-0.39, 0.29) is 24.4 Å². The van der Waals surface area contributed by atoms with Gasteiger partial charge in [0.1, 0.15) is 12.1 Å². The number of urea groups is 1. The molecule has 1 aromatic rings. The Hall–Kier alpha value is -2.37. The Morgan fingerprint density at radius 3 is 2.41 bits per heavy atom. The summed E-state index contributed by atoms with van der Waals surface area (Å²) in [6, 6.07) is 7.24. The van der Waals surface area contributed by atoms with Gasteiger partial charge in [0.15, 0.2) is 0 Å². The number of imide groups is 1. The number of rotatable bonds is 5. The van der Waals surface area contributed by atoms with Crippen LogP contribution in [-0.2, 0) is 15.1 Å². The largest absolute Gasteiger partial charge is 0.338 e. The first kappa shape index (κ1) is 19.4. The molecule has 1 aliphatic carbocycles. The Labute approximate surface area is 160 Å². The lowest BCUT2D eigenvalue weighted by molar-refractivity contribution is -0.140. The summed E-state index contributed by atoms with van der Waals surface area (Å²) < 4.78 is 0. The van der Waals surface area contributed by atoms with Crippen molar-refractivity contribution < 1.29 is 14.4 Å². The first-order chi connectivity index (χ1) is 12.9. The normalized spacial score (nSPS) is 23.4. The van der Waals surface area contributed by atoms with Gasteiger partial charge in [0, 0.05) is 12.6 Å². The average Bonchev–Trinajstić information content (AvgIpc) is 2.88. The molecule has 146 valence electrons. The van der Waals surface area contributed by atoms with Gasteiger partial charge in [-0.15, -0.1) is 0 Å². The molecule has 1 saturated heterocycles. The van der Waals surface area contributed by atoms with E-state index in [9.17, 15) is 14.4 Å². The first-order valence-corrected chi connectivity index (χ1v) is 9.87. The van der Waals surface area contributed by atoms with Crippen LogP contribution in [0.25, 0.3) is 0 Å². The molecule has 0 bridgehead atoms. The van der Waals surface area contributed by atoms with Gasteiger partial charge >= 0.3 is 6.03 Å². The van der Waals surface area contributed by atoms with Crippen LogP contribution in [0.1, 0.15) is 57.1 Å². The SMILES string of the molecule is CCN(C(=O)CN1C(=O)NC(C)(c2ccc(C)cc2)C1=O)C1CCCCC1. The smallest absolute Gasteiger partial charge is 0.325 e. The summed E-state index contributed by atoms with van der Waals surface area (Å²) in [5.74, 6) is -0.523. The van der Waals surface area contributed by atoms with Crippen LogP contribution in [-0.4, -0.2) is 46.8 Å². The van der Waals surface area contributed by atoms with Crippen molar-refractivity contribution >= 4 is 17.8 Å². The average molecular weight is 371 g/mol. The van der Waals surface area contributed by atoms with Gasteiger partial charge in [0.25, 0.3) is 5.91 Å². The molecule has 1 aromatic carbocycles. The van der Waals surface area contributed by atoms with E-state index in [1.54, 1.807) is 6.92 Å². The topological polar surface area (TPSA) is 69.7 Å². The zero-order chi connectivity index (χ0) is 19.6. The van der Waals surface area contributed by atoms with Gasteiger partial charge in [-0.2, -0.15) is 0 Å². The number of amides is 4. The van der Waals surface area contributed by atoms with Crippen molar-refractivity contribution in [2.45, 2.75) is 64.5 Å². The van der Waals surface area contributed by atoms with Crippen molar-refractivity contribution in [3.63, 3.8) is 0 Å². The molecule has 2 aliphatic rings. The molecule has 3 rings (SSSR count). The molecule has 1 atom stereocenters. The summed E-state index contributed by atoms with van der Waals surface area (Å²) in [5.41, 5.74) is 0.672. The molecule has 2 fully saturated rings. The van der Waals surface area contributed by atoms with E-state index in [0.29, 0.717) is 6.54 Å². The van der Waals surface area contributed by atoms with Crippen LogP contribution >= 0.6 is 0 Å².